The molecule has 1 amide bonds. The van der Waals surface area contributed by atoms with E-state index in [1.165, 1.54) is 6.07 Å². The Morgan fingerprint density at radius 2 is 1.93 bits per heavy atom. The Morgan fingerprint density at radius 1 is 1.40 bits per heavy atom. The predicted octanol–water partition coefficient (Wildman–Crippen LogP) is 0.189. The molecule has 0 aliphatic carbocycles. The fraction of sp³-hybridized carbons (Fsp3) is 0.222. The zero-order valence-electron chi connectivity index (χ0n) is 7.84. The number of nitrogens with two attached hydrogens (primary N) is 2. The van der Waals surface area contributed by atoms with Crippen LogP contribution in [0.5, 0.6) is 0 Å². The minimum Gasteiger partial charge on any atom is -0.378 e. The van der Waals surface area contributed by atoms with E-state index in [2.05, 4.69) is 5.32 Å². The minimum absolute atomic E-state index is 0.118. The molecule has 0 fully saturated rings. The number of carbonyl (C=O) groups is 1. The number of primary amides is 1. The van der Waals surface area contributed by atoms with Crippen molar-refractivity contribution in [2.24, 2.45) is 11.5 Å². The van der Waals surface area contributed by atoms with E-state index >= 15 is 0 Å². The van der Waals surface area contributed by atoms with Gasteiger partial charge in [0.05, 0.1) is 0 Å². The first-order chi connectivity index (χ1) is 7.02. The molecule has 15 heavy (non-hydrogen) atoms. The van der Waals surface area contributed by atoms with Gasteiger partial charge >= 0.3 is 0 Å². The lowest BCUT2D eigenvalue weighted by Crippen LogP contribution is -2.41. The summed E-state index contributed by atoms with van der Waals surface area (Å²) in [5.74, 6) is -2.22. The zero-order chi connectivity index (χ0) is 11.4. The summed E-state index contributed by atoms with van der Waals surface area (Å²) in [5, 5.41) is 2.39. The average Bonchev–Trinajstić information content (AvgIpc) is 2.16. The van der Waals surface area contributed by atoms with Crippen LogP contribution >= 0.6 is 0 Å². The minimum atomic E-state index is -0.982. The molecule has 1 unspecified atom stereocenters. The maximum atomic E-state index is 13.0. The van der Waals surface area contributed by atoms with Gasteiger partial charge in [-0.1, -0.05) is 6.07 Å². The van der Waals surface area contributed by atoms with Crippen molar-refractivity contribution in [2.45, 2.75) is 6.04 Å². The second-order valence-corrected chi connectivity index (χ2v) is 2.99. The first-order valence-corrected chi connectivity index (χ1v) is 4.25. The maximum Gasteiger partial charge on any atom is 0.236 e. The third kappa shape index (κ3) is 2.88. The number of benzene rings is 1. The van der Waals surface area contributed by atoms with Gasteiger partial charge in [0.1, 0.15) is 23.4 Å². The number of nitrogens with one attached hydrogen (secondary N) is 1. The number of hydrogen-bond donors (Lipinski definition) is 3. The van der Waals surface area contributed by atoms with Crippen molar-refractivity contribution >= 4 is 11.6 Å². The van der Waals surface area contributed by atoms with Crippen molar-refractivity contribution in [1.29, 1.82) is 0 Å². The van der Waals surface area contributed by atoms with Crippen molar-refractivity contribution in [3.63, 3.8) is 0 Å². The molecule has 0 aliphatic heterocycles. The Bertz CT molecular complexity index is 350. The van der Waals surface area contributed by atoms with Crippen LogP contribution < -0.4 is 16.8 Å². The third-order valence-corrected chi connectivity index (χ3v) is 1.83. The molecule has 0 aliphatic rings. The number of halogens is 2. The number of hydrogen-bond acceptors (Lipinski definition) is 3. The van der Waals surface area contributed by atoms with Crippen LogP contribution in [-0.2, 0) is 4.79 Å². The van der Waals surface area contributed by atoms with Crippen molar-refractivity contribution in [3.05, 3.63) is 29.8 Å². The van der Waals surface area contributed by atoms with Crippen molar-refractivity contribution in [3.8, 4) is 0 Å². The van der Waals surface area contributed by atoms with Crippen molar-refractivity contribution in [1.82, 2.24) is 0 Å². The molecule has 0 aromatic heterocycles. The fourth-order valence-corrected chi connectivity index (χ4v) is 0.979. The number of amides is 1. The molecule has 0 radical (unpaired) electrons. The molecule has 0 bridgehead atoms. The Balaban J connectivity index is 2.69. The van der Waals surface area contributed by atoms with Crippen LogP contribution in [-0.4, -0.2) is 18.5 Å². The lowest BCUT2D eigenvalue weighted by atomic mass is 10.2. The van der Waals surface area contributed by atoms with Gasteiger partial charge in [0.25, 0.3) is 0 Å². The SMILES string of the molecule is NC(=O)C(N)CNc1c(F)cccc1F. The molecule has 0 spiro atoms. The molecule has 0 saturated carbocycles. The van der Waals surface area contributed by atoms with Crippen LogP contribution in [0.25, 0.3) is 0 Å². The summed E-state index contributed by atoms with van der Waals surface area (Å²) in [4.78, 5) is 10.6. The van der Waals surface area contributed by atoms with E-state index in [1.54, 1.807) is 0 Å². The van der Waals surface area contributed by atoms with Crippen LogP contribution in [0.1, 0.15) is 0 Å². The van der Waals surface area contributed by atoms with E-state index in [-0.39, 0.29) is 12.2 Å². The smallest absolute Gasteiger partial charge is 0.236 e. The molecule has 6 heteroatoms. The largest absolute Gasteiger partial charge is 0.378 e. The van der Waals surface area contributed by atoms with Gasteiger partial charge in [-0.15, -0.1) is 0 Å². The molecular formula is C9H11F2N3O. The molecule has 82 valence electrons. The highest BCUT2D eigenvalue weighted by molar-refractivity contribution is 5.80. The first kappa shape index (κ1) is 11.4. The second-order valence-electron chi connectivity index (χ2n) is 2.99. The Hall–Kier alpha value is -1.69. The predicted molar refractivity (Wildman–Crippen MR) is 52.0 cm³/mol. The molecule has 1 aromatic rings. The highest BCUT2D eigenvalue weighted by Gasteiger charge is 2.12. The van der Waals surface area contributed by atoms with E-state index in [9.17, 15) is 13.6 Å². The normalized spacial score (nSPS) is 12.2. The summed E-state index contributed by atoms with van der Waals surface area (Å²) in [5.41, 5.74) is 9.86. The Labute approximate surface area is 85.2 Å². The maximum absolute atomic E-state index is 13.0. The van der Waals surface area contributed by atoms with Crippen molar-refractivity contribution < 1.29 is 13.6 Å². The summed E-state index contributed by atoms with van der Waals surface area (Å²) in [6.45, 7) is -0.118. The lowest BCUT2D eigenvalue weighted by Gasteiger charge is -2.11. The molecule has 1 rings (SSSR count). The second kappa shape index (κ2) is 4.70. The fourth-order valence-electron chi connectivity index (χ4n) is 0.979. The van der Waals surface area contributed by atoms with Gasteiger partial charge in [0.15, 0.2) is 0 Å². The van der Waals surface area contributed by atoms with Gasteiger partial charge in [-0.2, -0.15) is 0 Å². The van der Waals surface area contributed by atoms with Gasteiger partial charge in [-0.25, -0.2) is 8.78 Å². The van der Waals surface area contributed by atoms with Crippen LogP contribution in [0.15, 0.2) is 18.2 Å². The van der Waals surface area contributed by atoms with Gasteiger partial charge < -0.3 is 16.8 Å². The van der Waals surface area contributed by atoms with E-state index in [4.69, 9.17) is 11.5 Å². The number of para-hydroxylation sites is 1. The lowest BCUT2D eigenvalue weighted by molar-refractivity contribution is -0.118. The van der Waals surface area contributed by atoms with E-state index in [1.807, 2.05) is 0 Å². The first-order valence-electron chi connectivity index (χ1n) is 4.25. The highest BCUT2D eigenvalue weighted by Crippen LogP contribution is 2.17. The van der Waals surface area contributed by atoms with Crippen LogP contribution in [0.3, 0.4) is 0 Å². The van der Waals surface area contributed by atoms with Crippen molar-refractivity contribution in [2.75, 3.05) is 11.9 Å². The van der Waals surface area contributed by atoms with Gasteiger partial charge in [-0.05, 0) is 12.1 Å². The van der Waals surface area contributed by atoms with Gasteiger partial charge in [0, 0.05) is 6.54 Å². The summed E-state index contributed by atoms with van der Waals surface area (Å²) in [6, 6.07) is 2.45. The molecule has 1 atom stereocenters. The van der Waals surface area contributed by atoms with Crippen LogP contribution in [0.4, 0.5) is 14.5 Å². The topological polar surface area (TPSA) is 81.1 Å². The summed E-state index contributed by atoms with van der Waals surface area (Å²) in [7, 11) is 0. The standard InChI is InChI=1S/C9H11F2N3O/c10-5-2-1-3-6(11)8(5)14-4-7(12)9(13)15/h1-3,7,14H,4,12H2,(H2,13,15). The zero-order valence-corrected chi connectivity index (χ0v) is 7.84. The molecule has 1 aromatic carbocycles. The van der Waals surface area contributed by atoms with E-state index in [0.717, 1.165) is 12.1 Å². The van der Waals surface area contributed by atoms with E-state index < -0.39 is 23.6 Å². The Kier molecular flexibility index (Phi) is 3.56. The van der Waals surface area contributed by atoms with Gasteiger partial charge in [-0.3, -0.25) is 4.79 Å². The molecule has 4 nitrogen and oxygen atoms in total. The molecule has 0 heterocycles. The average molecular weight is 215 g/mol. The summed E-state index contributed by atoms with van der Waals surface area (Å²) < 4.78 is 26.1. The Morgan fingerprint density at radius 3 is 2.40 bits per heavy atom. The molecule has 0 saturated heterocycles. The third-order valence-electron chi connectivity index (χ3n) is 1.83. The molecule has 5 N–H and O–H groups in total. The van der Waals surface area contributed by atoms with E-state index in [0.29, 0.717) is 0 Å². The summed E-state index contributed by atoms with van der Waals surface area (Å²) >= 11 is 0. The summed E-state index contributed by atoms with van der Waals surface area (Å²) in [6.07, 6.45) is 0. The number of carbonyl (C=O) groups excluding carboxylic acids is 1. The van der Waals surface area contributed by atoms with Gasteiger partial charge in [0.2, 0.25) is 5.91 Å². The van der Waals surface area contributed by atoms with Crippen LogP contribution in [0.2, 0.25) is 0 Å². The monoisotopic (exact) mass is 215 g/mol. The number of anilines is 1. The molecular weight excluding hydrogens is 204 g/mol. The van der Waals surface area contributed by atoms with Crippen LogP contribution in [0, 0.1) is 11.6 Å². The highest BCUT2D eigenvalue weighted by atomic mass is 19.1. The number of rotatable bonds is 4. The quantitative estimate of drug-likeness (QED) is 0.670.